The summed E-state index contributed by atoms with van der Waals surface area (Å²) < 4.78 is 13.5. The van der Waals surface area contributed by atoms with Gasteiger partial charge in [-0.25, -0.2) is 4.39 Å². The minimum atomic E-state index is -1.13. The van der Waals surface area contributed by atoms with Crippen molar-refractivity contribution in [2.45, 2.75) is 18.9 Å². The highest BCUT2D eigenvalue weighted by atomic mass is 19.1. The van der Waals surface area contributed by atoms with E-state index < -0.39 is 30.2 Å². The van der Waals surface area contributed by atoms with Crippen molar-refractivity contribution in [1.29, 1.82) is 0 Å². The van der Waals surface area contributed by atoms with Gasteiger partial charge in [0.1, 0.15) is 5.82 Å². The first kappa shape index (κ1) is 30.9. The van der Waals surface area contributed by atoms with Crippen LogP contribution < -0.4 is 15.5 Å². The predicted octanol–water partition coefficient (Wildman–Crippen LogP) is 4.77. The lowest BCUT2D eigenvalue weighted by molar-refractivity contribution is -0.137. The molecule has 230 valence electrons. The number of aromatic nitrogens is 1. The first-order valence-corrected chi connectivity index (χ1v) is 14.5. The normalized spacial score (nSPS) is 13.8. The maximum atomic E-state index is 13.5. The molecule has 11 heteroatoms. The smallest absolute Gasteiger partial charge is 0.305 e. The number of hydrogen-bond acceptors (Lipinski definition) is 6. The van der Waals surface area contributed by atoms with Gasteiger partial charge in [0.05, 0.1) is 29.4 Å². The van der Waals surface area contributed by atoms with Gasteiger partial charge in [-0.15, -0.1) is 0 Å². The van der Waals surface area contributed by atoms with E-state index in [1.165, 1.54) is 24.3 Å². The van der Waals surface area contributed by atoms with Crippen LogP contribution in [-0.2, 0) is 4.79 Å². The number of nitrogens with zero attached hydrogens (tertiary/aromatic N) is 3. The Morgan fingerprint density at radius 3 is 2.29 bits per heavy atom. The number of carboxylic acid groups (broad SMARTS) is 1. The number of benzene rings is 3. The second-order valence-electron chi connectivity index (χ2n) is 10.6. The molecule has 0 aliphatic carbocycles. The van der Waals surface area contributed by atoms with Gasteiger partial charge >= 0.3 is 5.97 Å². The molecular formula is C34H32FN5O5. The summed E-state index contributed by atoms with van der Waals surface area (Å²) >= 11 is 0. The highest BCUT2D eigenvalue weighted by Crippen LogP contribution is 2.30. The number of carbonyl (C=O) groups excluding carboxylic acids is 3. The molecule has 4 aromatic rings. The standard InChI is InChI=1S/C34H32FN5O5/c35-27-12-9-23(10-13-27)28(21-31(41)42)37-33(44)25-11-14-30(29(20-25)38-32(43)24-6-2-1-3-7-24)39-16-5-17-40(19-18-39)34(45)26-8-4-15-36-22-26/h1-4,6-15,20,22,28H,5,16-19,21H2,(H,37,44)(H,38,43)(H,41,42). The molecule has 1 atom stereocenters. The number of halogens is 1. The number of carboxylic acids is 1. The summed E-state index contributed by atoms with van der Waals surface area (Å²) in [4.78, 5) is 59.2. The maximum Gasteiger partial charge on any atom is 0.305 e. The summed E-state index contributed by atoms with van der Waals surface area (Å²) in [6, 6.07) is 21.4. The van der Waals surface area contributed by atoms with Crippen LogP contribution in [0.1, 0.15) is 55.5 Å². The van der Waals surface area contributed by atoms with Crippen molar-refractivity contribution in [2.24, 2.45) is 0 Å². The Bertz CT molecular complexity index is 1670. The third-order valence-electron chi connectivity index (χ3n) is 7.53. The van der Waals surface area contributed by atoms with Crippen molar-refractivity contribution in [3.63, 3.8) is 0 Å². The van der Waals surface area contributed by atoms with Gasteiger partial charge in [0, 0.05) is 49.7 Å². The summed E-state index contributed by atoms with van der Waals surface area (Å²) in [6.45, 7) is 2.07. The molecule has 1 aromatic heterocycles. The number of anilines is 2. The molecule has 1 fully saturated rings. The third kappa shape index (κ3) is 7.88. The van der Waals surface area contributed by atoms with Gasteiger partial charge in [0.25, 0.3) is 17.7 Å². The minimum absolute atomic E-state index is 0.105. The zero-order valence-electron chi connectivity index (χ0n) is 24.4. The van der Waals surface area contributed by atoms with Crippen LogP contribution in [0.2, 0.25) is 0 Å². The average molecular weight is 610 g/mol. The molecule has 3 N–H and O–H groups in total. The lowest BCUT2D eigenvalue weighted by Gasteiger charge is -2.27. The molecule has 2 heterocycles. The molecule has 0 radical (unpaired) electrons. The summed E-state index contributed by atoms with van der Waals surface area (Å²) in [6.07, 6.45) is 3.43. The van der Waals surface area contributed by atoms with E-state index in [1.807, 2.05) is 0 Å². The van der Waals surface area contributed by atoms with E-state index in [0.717, 1.165) is 0 Å². The number of rotatable bonds is 9. The molecule has 0 saturated carbocycles. The Labute approximate surface area is 259 Å². The fourth-order valence-corrected chi connectivity index (χ4v) is 5.23. The Kier molecular flexibility index (Phi) is 9.78. The molecule has 1 aliphatic rings. The van der Waals surface area contributed by atoms with Crippen LogP contribution in [0.25, 0.3) is 0 Å². The van der Waals surface area contributed by atoms with E-state index in [9.17, 15) is 28.7 Å². The number of aliphatic carboxylic acids is 1. The molecule has 5 rings (SSSR count). The third-order valence-corrected chi connectivity index (χ3v) is 7.53. The van der Waals surface area contributed by atoms with Gasteiger partial charge in [-0.2, -0.15) is 0 Å². The van der Waals surface area contributed by atoms with Crippen molar-refractivity contribution in [3.05, 3.63) is 125 Å². The molecule has 3 aromatic carbocycles. The molecular weight excluding hydrogens is 577 g/mol. The zero-order valence-corrected chi connectivity index (χ0v) is 24.4. The van der Waals surface area contributed by atoms with Gasteiger partial charge in [0.2, 0.25) is 0 Å². The fraction of sp³-hybridized carbons (Fsp3) is 0.206. The van der Waals surface area contributed by atoms with E-state index in [-0.39, 0.29) is 17.4 Å². The predicted molar refractivity (Wildman–Crippen MR) is 167 cm³/mol. The van der Waals surface area contributed by atoms with Gasteiger partial charge in [0.15, 0.2) is 0 Å². The van der Waals surface area contributed by atoms with Gasteiger partial charge < -0.3 is 25.5 Å². The lowest BCUT2D eigenvalue weighted by Crippen LogP contribution is -2.35. The molecule has 1 aliphatic heterocycles. The Hall–Kier alpha value is -5.58. The number of pyridine rings is 1. The fourth-order valence-electron chi connectivity index (χ4n) is 5.23. The van der Waals surface area contributed by atoms with Crippen LogP contribution in [0.5, 0.6) is 0 Å². The largest absolute Gasteiger partial charge is 0.481 e. The van der Waals surface area contributed by atoms with Gasteiger partial charge in [-0.05, 0) is 66.6 Å². The second-order valence-corrected chi connectivity index (χ2v) is 10.6. The van der Waals surface area contributed by atoms with Crippen LogP contribution in [0.15, 0.2) is 97.3 Å². The SMILES string of the molecule is O=C(O)CC(NC(=O)c1ccc(N2CCCN(C(=O)c3cccnc3)CC2)c(NC(=O)c2ccccc2)c1)c1ccc(F)cc1. The van der Waals surface area contributed by atoms with Gasteiger partial charge in [-0.3, -0.25) is 24.2 Å². The summed E-state index contributed by atoms with van der Waals surface area (Å²) in [5.41, 5.74) is 2.64. The molecule has 10 nitrogen and oxygen atoms in total. The summed E-state index contributed by atoms with van der Waals surface area (Å²) in [5, 5.41) is 15.1. The zero-order chi connectivity index (χ0) is 31.8. The lowest BCUT2D eigenvalue weighted by atomic mass is 10.0. The van der Waals surface area contributed by atoms with Crippen LogP contribution >= 0.6 is 0 Å². The van der Waals surface area contributed by atoms with E-state index in [4.69, 9.17) is 0 Å². The van der Waals surface area contributed by atoms with Crippen LogP contribution in [0.4, 0.5) is 15.8 Å². The molecule has 1 saturated heterocycles. The van der Waals surface area contributed by atoms with Crippen molar-refractivity contribution >= 4 is 35.1 Å². The Morgan fingerprint density at radius 2 is 1.58 bits per heavy atom. The number of amides is 3. The Morgan fingerprint density at radius 1 is 0.822 bits per heavy atom. The quantitative estimate of drug-likeness (QED) is 0.249. The average Bonchev–Trinajstić information content (AvgIpc) is 3.31. The number of nitrogens with one attached hydrogen (secondary N) is 2. The van der Waals surface area contributed by atoms with Crippen molar-refractivity contribution in [3.8, 4) is 0 Å². The molecule has 1 unspecified atom stereocenters. The van der Waals surface area contributed by atoms with Gasteiger partial charge in [-0.1, -0.05) is 30.3 Å². The van der Waals surface area contributed by atoms with Crippen LogP contribution in [-0.4, -0.2) is 64.9 Å². The monoisotopic (exact) mass is 609 g/mol. The summed E-state index contributed by atoms with van der Waals surface area (Å²) in [5.74, 6) is -2.64. The maximum absolute atomic E-state index is 13.5. The second kappa shape index (κ2) is 14.3. The number of carbonyl (C=O) groups is 4. The highest BCUT2D eigenvalue weighted by molar-refractivity contribution is 6.07. The van der Waals surface area contributed by atoms with Crippen molar-refractivity contribution in [2.75, 3.05) is 36.4 Å². The topological polar surface area (TPSA) is 132 Å². The van der Waals surface area contributed by atoms with E-state index in [1.54, 1.807) is 78.0 Å². The van der Waals surface area contributed by atoms with Crippen molar-refractivity contribution < 1.29 is 28.7 Å². The molecule has 0 bridgehead atoms. The number of hydrogen-bond donors (Lipinski definition) is 3. The first-order chi connectivity index (χ1) is 21.8. The summed E-state index contributed by atoms with van der Waals surface area (Å²) in [7, 11) is 0. The van der Waals surface area contributed by atoms with Crippen LogP contribution in [0.3, 0.4) is 0 Å². The van der Waals surface area contributed by atoms with Crippen molar-refractivity contribution in [1.82, 2.24) is 15.2 Å². The molecule has 45 heavy (non-hydrogen) atoms. The van der Waals surface area contributed by atoms with Crippen LogP contribution in [0, 0.1) is 5.82 Å². The highest BCUT2D eigenvalue weighted by Gasteiger charge is 2.24. The Balaban J connectivity index is 1.40. The first-order valence-electron chi connectivity index (χ1n) is 14.5. The van der Waals surface area contributed by atoms with E-state index >= 15 is 0 Å². The minimum Gasteiger partial charge on any atom is -0.481 e. The molecule has 3 amide bonds. The molecule has 0 spiro atoms. The van der Waals surface area contributed by atoms with E-state index in [0.29, 0.717) is 60.7 Å². The van der Waals surface area contributed by atoms with E-state index in [2.05, 4.69) is 20.5 Å².